The number of fused-ring (bicyclic) bond motifs is 10. The van der Waals surface area contributed by atoms with Gasteiger partial charge in [0.05, 0.1) is 0 Å². The van der Waals surface area contributed by atoms with Gasteiger partial charge in [0, 0.05) is 32.1 Å². The van der Waals surface area contributed by atoms with Crippen LogP contribution in [0.5, 0.6) is 28.7 Å². The SMILES string of the molecule is CC(C)c1cc2c(O)c(c1)Cc1cc(C(C)C)cc(c1O)Cc1cc(C(C)C)cc(c1O)Cc1cc(C(C)C)cc(c1O)Cc1cc(C(C)C)cc(c1O)C2. The molecule has 10 bridgehead atoms. The number of phenolic OH excluding ortho intramolecular Hbond substituents is 5. The van der Waals surface area contributed by atoms with Crippen LogP contribution < -0.4 is 0 Å². The highest BCUT2D eigenvalue weighted by Gasteiger charge is 2.24. The molecule has 55 heavy (non-hydrogen) atoms. The smallest absolute Gasteiger partial charge is 0.122 e. The monoisotopic (exact) mass is 740 g/mol. The Morgan fingerprint density at radius 1 is 0.255 bits per heavy atom. The highest BCUT2D eigenvalue weighted by molar-refractivity contribution is 5.59. The Balaban J connectivity index is 1.68. The summed E-state index contributed by atoms with van der Waals surface area (Å²) in [7, 11) is 0. The van der Waals surface area contributed by atoms with Crippen LogP contribution in [0, 0.1) is 0 Å². The molecule has 5 nitrogen and oxygen atoms in total. The molecule has 0 fully saturated rings. The molecule has 0 aliphatic heterocycles. The van der Waals surface area contributed by atoms with Crippen LogP contribution in [0.1, 0.15) is 182 Å². The Morgan fingerprint density at radius 2 is 0.364 bits per heavy atom. The first-order chi connectivity index (χ1) is 25.9. The van der Waals surface area contributed by atoms with Crippen LogP contribution in [0.2, 0.25) is 0 Å². The lowest BCUT2D eigenvalue weighted by Gasteiger charge is -2.22. The van der Waals surface area contributed by atoms with Crippen LogP contribution in [0.3, 0.4) is 0 Å². The summed E-state index contributed by atoms with van der Waals surface area (Å²) in [6.07, 6.45) is 1.58. The van der Waals surface area contributed by atoms with E-state index in [1.165, 1.54) is 0 Å². The fourth-order valence-electron chi connectivity index (χ4n) is 7.98. The predicted molar refractivity (Wildman–Crippen MR) is 225 cm³/mol. The summed E-state index contributed by atoms with van der Waals surface area (Å²) >= 11 is 0. The van der Waals surface area contributed by atoms with Crippen molar-refractivity contribution >= 4 is 0 Å². The Morgan fingerprint density at radius 3 is 0.455 bits per heavy atom. The molecule has 1 aliphatic carbocycles. The molecule has 0 heterocycles. The minimum absolute atomic E-state index is 0.157. The molecule has 0 spiro atoms. The van der Waals surface area contributed by atoms with E-state index in [0.717, 1.165) is 27.8 Å². The average Bonchev–Trinajstić information content (AvgIpc) is 3.11. The van der Waals surface area contributed by atoms with Gasteiger partial charge in [0.25, 0.3) is 0 Å². The molecule has 5 aromatic rings. The summed E-state index contributed by atoms with van der Waals surface area (Å²) in [5, 5.41) is 60.1. The Bertz CT molecular complexity index is 1750. The minimum atomic E-state index is 0.157. The quantitative estimate of drug-likeness (QED) is 0.121. The van der Waals surface area contributed by atoms with Gasteiger partial charge in [-0.2, -0.15) is 0 Å². The molecule has 0 amide bonds. The maximum Gasteiger partial charge on any atom is 0.122 e. The first-order valence-corrected chi connectivity index (χ1v) is 20.1. The van der Waals surface area contributed by atoms with Gasteiger partial charge < -0.3 is 25.5 Å². The summed E-state index contributed by atoms with van der Waals surface area (Å²) in [6.45, 7) is 21.3. The molecule has 5 aromatic carbocycles. The highest BCUT2D eigenvalue weighted by atomic mass is 16.3. The first-order valence-electron chi connectivity index (χ1n) is 20.1. The van der Waals surface area contributed by atoms with E-state index in [9.17, 15) is 25.5 Å². The van der Waals surface area contributed by atoms with Crippen LogP contribution in [0.25, 0.3) is 0 Å². The second-order valence-electron chi connectivity index (χ2n) is 17.6. The normalized spacial score (nSPS) is 13.4. The van der Waals surface area contributed by atoms with Crippen LogP contribution in [0.4, 0.5) is 0 Å². The maximum atomic E-state index is 12.0. The van der Waals surface area contributed by atoms with Gasteiger partial charge in [0.15, 0.2) is 0 Å². The van der Waals surface area contributed by atoms with E-state index in [0.29, 0.717) is 87.7 Å². The second-order valence-corrected chi connectivity index (χ2v) is 17.6. The molecule has 0 radical (unpaired) electrons. The Kier molecular flexibility index (Phi) is 11.3. The largest absolute Gasteiger partial charge is 0.507 e. The lowest BCUT2D eigenvalue weighted by Crippen LogP contribution is -2.05. The molecule has 5 heteroatoms. The third-order valence-electron chi connectivity index (χ3n) is 11.7. The standard InChI is InChI=1S/C50H60O5/c1-26(2)31-11-36-21-38-13-32(27(3)4)15-40(47(38)52)23-42-17-34(29(7)8)19-44(49(42)54)25-45-20-35(30(9)10)18-43(50(45)55)24-41-16-33(28(5)6)14-39(48(41)53)22-37(12-31)46(36)51/h11-20,26-30,51-55H,21-25H2,1-10H3. The van der Waals surface area contributed by atoms with E-state index < -0.39 is 0 Å². The van der Waals surface area contributed by atoms with Crippen molar-refractivity contribution in [2.45, 2.75) is 131 Å². The number of rotatable bonds is 5. The third-order valence-corrected chi connectivity index (χ3v) is 11.7. The number of aromatic hydroxyl groups is 5. The third kappa shape index (κ3) is 8.22. The maximum absolute atomic E-state index is 12.0. The van der Waals surface area contributed by atoms with Crippen molar-refractivity contribution in [1.82, 2.24) is 0 Å². The molecular weight excluding hydrogens is 681 g/mol. The molecule has 6 rings (SSSR count). The van der Waals surface area contributed by atoms with E-state index in [1.54, 1.807) is 0 Å². The summed E-state index contributed by atoms with van der Waals surface area (Å²) in [5.41, 5.74) is 12.5. The van der Waals surface area contributed by atoms with E-state index in [-0.39, 0.29) is 58.3 Å². The molecular formula is C50H60O5. The molecule has 0 aromatic heterocycles. The van der Waals surface area contributed by atoms with Gasteiger partial charge in [-0.05, 0) is 113 Å². The fraction of sp³-hybridized carbons (Fsp3) is 0.400. The lowest BCUT2D eigenvalue weighted by atomic mass is 9.85. The van der Waals surface area contributed by atoms with Crippen LogP contribution in [-0.2, 0) is 32.1 Å². The van der Waals surface area contributed by atoms with Crippen LogP contribution in [-0.4, -0.2) is 25.5 Å². The van der Waals surface area contributed by atoms with Gasteiger partial charge in [-0.3, -0.25) is 0 Å². The number of hydrogen-bond acceptors (Lipinski definition) is 5. The summed E-state index contributed by atoms with van der Waals surface area (Å²) in [4.78, 5) is 0. The zero-order valence-electron chi connectivity index (χ0n) is 34.4. The Labute approximate surface area is 328 Å². The fourth-order valence-corrected chi connectivity index (χ4v) is 7.98. The van der Waals surface area contributed by atoms with Gasteiger partial charge in [-0.25, -0.2) is 0 Å². The summed E-state index contributed by atoms with van der Waals surface area (Å²) in [6, 6.07) is 20.4. The zero-order chi connectivity index (χ0) is 40.0. The molecule has 1 aliphatic rings. The lowest BCUT2D eigenvalue weighted by molar-refractivity contribution is 0.450. The molecule has 0 saturated carbocycles. The molecule has 0 saturated heterocycles. The van der Waals surface area contributed by atoms with Crippen molar-refractivity contribution in [3.05, 3.63) is 144 Å². The summed E-state index contributed by atoms with van der Waals surface area (Å²) in [5.74, 6) is 1.67. The molecule has 0 atom stereocenters. The van der Waals surface area contributed by atoms with E-state index >= 15 is 0 Å². The number of benzene rings is 5. The molecule has 0 unspecified atom stereocenters. The van der Waals surface area contributed by atoms with E-state index in [2.05, 4.69) is 69.2 Å². The molecule has 5 N–H and O–H groups in total. The van der Waals surface area contributed by atoms with Gasteiger partial charge in [-0.15, -0.1) is 0 Å². The first kappa shape index (κ1) is 39.8. The zero-order valence-corrected chi connectivity index (χ0v) is 34.4. The van der Waals surface area contributed by atoms with Gasteiger partial charge in [0.1, 0.15) is 28.7 Å². The van der Waals surface area contributed by atoms with Gasteiger partial charge in [-0.1, -0.05) is 130 Å². The van der Waals surface area contributed by atoms with E-state index in [4.69, 9.17) is 0 Å². The van der Waals surface area contributed by atoms with Crippen LogP contribution >= 0.6 is 0 Å². The topological polar surface area (TPSA) is 101 Å². The van der Waals surface area contributed by atoms with Crippen molar-refractivity contribution < 1.29 is 25.5 Å². The second kappa shape index (κ2) is 15.7. The van der Waals surface area contributed by atoms with Crippen LogP contribution in [0.15, 0.2) is 60.7 Å². The van der Waals surface area contributed by atoms with Gasteiger partial charge >= 0.3 is 0 Å². The highest BCUT2D eigenvalue weighted by Crippen LogP contribution is 2.42. The van der Waals surface area contributed by atoms with Crippen molar-refractivity contribution in [3.8, 4) is 28.7 Å². The van der Waals surface area contributed by atoms with Gasteiger partial charge in [0.2, 0.25) is 0 Å². The summed E-state index contributed by atoms with van der Waals surface area (Å²) < 4.78 is 0. The number of hydrogen-bond donors (Lipinski definition) is 5. The minimum Gasteiger partial charge on any atom is -0.507 e. The predicted octanol–water partition coefficient (Wildman–Crippen LogP) is 12.1. The number of phenols is 5. The average molecular weight is 741 g/mol. The molecule has 290 valence electrons. The van der Waals surface area contributed by atoms with Crippen molar-refractivity contribution in [1.29, 1.82) is 0 Å². The van der Waals surface area contributed by atoms with Crippen molar-refractivity contribution in [3.63, 3.8) is 0 Å². The Hall–Kier alpha value is -4.90. The van der Waals surface area contributed by atoms with Crippen molar-refractivity contribution in [2.75, 3.05) is 0 Å². The van der Waals surface area contributed by atoms with Crippen molar-refractivity contribution in [2.24, 2.45) is 0 Å². The van der Waals surface area contributed by atoms with E-state index in [1.807, 2.05) is 60.7 Å².